The first-order valence-corrected chi connectivity index (χ1v) is 6.82. The van der Waals surface area contributed by atoms with Gasteiger partial charge in [-0.1, -0.05) is 12.1 Å². The number of amides is 1. The molecule has 1 heterocycles. The molecule has 0 fully saturated rings. The zero-order valence-corrected chi connectivity index (χ0v) is 11.5. The zero-order valence-electron chi connectivity index (χ0n) is 11.5. The van der Waals surface area contributed by atoms with Gasteiger partial charge in [0.15, 0.2) is 0 Å². The van der Waals surface area contributed by atoms with E-state index in [9.17, 15) is 4.79 Å². The molecule has 0 unspecified atom stereocenters. The second-order valence-electron chi connectivity index (χ2n) is 4.65. The van der Waals surface area contributed by atoms with Gasteiger partial charge in [-0.15, -0.1) is 0 Å². The zero-order chi connectivity index (χ0) is 14.2. The monoisotopic (exact) mass is 272 g/mol. The molecule has 0 atom stereocenters. The summed E-state index contributed by atoms with van der Waals surface area (Å²) in [6, 6.07) is 7.61. The topological polar surface area (TPSA) is 72.9 Å². The SMILES string of the molecule is NCCc1cccc(C(=O)NCCCn2ccnc2)c1. The Labute approximate surface area is 118 Å². The van der Waals surface area contributed by atoms with E-state index in [-0.39, 0.29) is 5.91 Å². The minimum Gasteiger partial charge on any atom is -0.352 e. The summed E-state index contributed by atoms with van der Waals surface area (Å²) in [6.07, 6.45) is 7.12. The molecule has 0 aliphatic rings. The average Bonchev–Trinajstić information content (AvgIpc) is 2.97. The molecule has 0 saturated heterocycles. The lowest BCUT2D eigenvalue weighted by molar-refractivity contribution is 0.0952. The summed E-state index contributed by atoms with van der Waals surface area (Å²) in [6.45, 7) is 2.10. The number of nitrogens with zero attached hydrogens (tertiary/aromatic N) is 2. The summed E-state index contributed by atoms with van der Waals surface area (Å²) in [5.74, 6) is -0.0329. The van der Waals surface area contributed by atoms with E-state index in [1.807, 2.05) is 35.0 Å². The van der Waals surface area contributed by atoms with Crippen molar-refractivity contribution in [1.29, 1.82) is 0 Å². The molecule has 5 heteroatoms. The highest BCUT2D eigenvalue weighted by Crippen LogP contribution is 2.05. The third-order valence-corrected chi connectivity index (χ3v) is 3.06. The summed E-state index contributed by atoms with van der Waals surface area (Å²) >= 11 is 0. The lowest BCUT2D eigenvalue weighted by Gasteiger charge is -2.07. The minimum atomic E-state index is -0.0329. The number of nitrogens with one attached hydrogen (secondary N) is 1. The first-order chi connectivity index (χ1) is 9.79. The Kier molecular flexibility index (Phi) is 5.32. The van der Waals surface area contributed by atoms with E-state index >= 15 is 0 Å². The van der Waals surface area contributed by atoms with Gasteiger partial charge in [0.2, 0.25) is 0 Å². The number of imidazole rings is 1. The van der Waals surface area contributed by atoms with Crippen molar-refractivity contribution in [1.82, 2.24) is 14.9 Å². The van der Waals surface area contributed by atoms with Gasteiger partial charge in [-0.25, -0.2) is 4.98 Å². The van der Waals surface area contributed by atoms with Crippen LogP contribution in [-0.2, 0) is 13.0 Å². The summed E-state index contributed by atoms with van der Waals surface area (Å²) in [5.41, 5.74) is 7.31. The summed E-state index contributed by atoms with van der Waals surface area (Å²) in [7, 11) is 0. The molecule has 1 aromatic carbocycles. The Hall–Kier alpha value is -2.14. The van der Waals surface area contributed by atoms with Crippen LogP contribution in [0.4, 0.5) is 0 Å². The van der Waals surface area contributed by atoms with Gasteiger partial charge in [-0.2, -0.15) is 0 Å². The smallest absolute Gasteiger partial charge is 0.251 e. The van der Waals surface area contributed by atoms with Gasteiger partial charge in [0.25, 0.3) is 5.91 Å². The molecule has 5 nitrogen and oxygen atoms in total. The predicted octanol–water partition coefficient (Wildman–Crippen LogP) is 1.20. The number of hydrogen-bond acceptors (Lipinski definition) is 3. The third kappa shape index (κ3) is 4.20. The number of hydrogen-bond donors (Lipinski definition) is 2. The highest BCUT2D eigenvalue weighted by atomic mass is 16.1. The number of rotatable bonds is 7. The molecule has 0 bridgehead atoms. The Morgan fingerprint density at radius 3 is 3.05 bits per heavy atom. The van der Waals surface area contributed by atoms with Crippen LogP contribution in [0.3, 0.4) is 0 Å². The van der Waals surface area contributed by atoms with Crippen LogP contribution >= 0.6 is 0 Å². The van der Waals surface area contributed by atoms with E-state index in [0.717, 1.165) is 24.9 Å². The van der Waals surface area contributed by atoms with E-state index in [2.05, 4.69) is 10.3 Å². The van der Waals surface area contributed by atoms with Crippen LogP contribution in [0.25, 0.3) is 0 Å². The molecule has 0 aliphatic heterocycles. The quantitative estimate of drug-likeness (QED) is 0.744. The molecule has 0 saturated carbocycles. The third-order valence-electron chi connectivity index (χ3n) is 3.06. The van der Waals surface area contributed by atoms with Crippen LogP contribution < -0.4 is 11.1 Å². The van der Waals surface area contributed by atoms with Gasteiger partial charge in [-0.3, -0.25) is 4.79 Å². The fraction of sp³-hybridized carbons (Fsp3) is 0.333. The van der Waals surface area contributed by atoms with Gasteiger partial charge < -0.3 is 15.6 Å². The molecule has 0 aliphatic carbocycles. The highest BCUT2D eigenvalue weighted by molar-refractivity contribution is 5.94. The van der Waals surface area contributed by atoms with Crippen LogP contribution in [0.2, 0.25) is 0 Å². The first-order valence-electron chi connectivity index (χ1n) is 6.82. The number of aromatic nitrogens is 2. The fourth-order valence-electron chi connectivity index (χ4n) is 2.02. The van der Waals surface area contributed by atoms with Crippen molar-refractivity contribution in [2.45, 2.75) is 19.4 Å². The second kappa shape index (κ2) is 7.45. The summed E-state index contributed by atoms with van der Waals surface area (Å²) in [5, 5.41) is 2.93. The molecule has 0 radical (unpaired) electrons. The molecule has 3 N–H and O–H groups in total. The number of carbonyl (C=O) groups is 1. The van der Waals surface area contributed by atoms with Gasteiger partial charge in [0, 0.05) is 31.0 Å². The summed E-state index contributed by atoms with van der Waals surface area (Å²) in [4.78, 5) is 16.0. The van der Waals surface area contributed by atoms with Gasteiger partial charge in [0.1, 0.15) is 0 Å². The van der Waals surface area contributed by atoms with Crippen LogP contribution in [0, 0.1) is 0 Å². The lowest BCUT2D eigenvalue weighted by Crippen LogP contribution is -2.25. The van der Waals surface area contributed by atoms with Gasteiger partial charge in [0.05, 0.1) is 6.33 Å². The molecule has 106 valence electrons. The maximum atomic E-state index is 12.0. The Morgan fingerprint density at radius 2 is 2.30 bits per heavy atom. The molecule has 1 aromatic heterocycles. The number of aryl methyl sites for hydroxylation is 1. The highest BCUT2D eigenvalue weighted by Gasteiger charge is 2.05. The van der Waals surface area contributed by atoms with Crippen molar-refractivity contribution < 1.29 is 4.79 Å². The second-order valence-corrected chi connectivity index (χ2v) is 4.65. The van der Waals surface area contributed by atoms with Crippen LogP contribution in [0.5, 0.6) is 0 Å². The molecule has 0 spiro atoms. The van der Waals surface area contributed by atoms with Crippen molar-refractivity contribution in [2.75, 3.05) is 13.1 Å². The number of carbonyl (C=O) groups excluding carboxylic acids is 1. The van der Waals surface area contributed by atoms with Crippen molar-refractivity contribution in [3.05, 3.63) is 54.1 Å². The van der Waals surface area contributed by atoms with Gasteiger partial charge in [-0.05, 0) is 37.1 Å². The van der Waals surface area contributed by atoms with Crippen molar-refractivity contribution in [2.24, 2.45) is 5.73 Å². The molecule has 1 amide bonds. The molecular formula is C15H20N4O. The number of nitrogens with two attached hydrogens (primary N) is 1. The fourth-order valence-corrected chi connectivity index (χ4v) is 2.02. The Morgan fingerprint density at radius 1 is 1.40 bits per heavy atom. The largest absolute Gasteiger partial charge is 0.352 e. The Balaban J connectivity index is 1.78. The lowest BCUT2D eigenvalue weighted by atomic mass is 10.1. The Bertz CT molecular complexity index is 537. The van der Waals surface area contributed by atoms with E-state index in [1.165, 1.54) is 0 Å². The van der Waals surface area contributed by atoms with Crippen LogP contribution in [0.1, 0.15) is 22.3 Å². The predicted molar refractivity (Wildman–Crippen MR) is 78.4 cm³/mol. The van der Waals surface area contributed by atoms with Crippen LogP contribution in [0.15, 0.2) is 43.0 Å². The summed E-state index contributed by atoms with van der Waals surface area (Å²) < 4.78 is 1.99. The standard InChI is InChI=1S/C15H20N4O/c16-6-5-13-3-1-4-14(11-13)15(20)18-7-2-9-19-10-8-17-12-19/h1,3-4,8,10-12H,2,5-7,9,16H2,(H,18,20). The number of benzene rings is 1. The molecular weight excluding hydrogens is 252 g/mol. The van der Waals surface area contributed by atoms with Crippen molar-refractivity contribution in [3.8, 4) is 0 Å². The van der Waals surface area contributed by atoms with Crippen LogP contribution in [-0.4, -0.2) is 28.5 Å². The van der Waals surface area contributed by atoms with E-state index in [0.29, 0.717) is 18.7 Å². The average molecular weight is 272 g/mol. The van der Waals surface area contributed by atoms with E-state index < -0.39 is 0 Å². The maximum absolute atomic E-state index is 12.0. The normalized spacial score (nSPS) is 10.4. The molecule has 20 heavy (non-hydrogen) atoms. The first kappa shape index (κ1) is 14.3. The van der Waals surface area contributed by atoms with Crippen molar-refractivity contribution in [3.63, 3.8) is 0 Å². The maximum Gasteiger partial charge on any atom is 0.251 e. The molecule has 2 rings (SSSR count). The van der Waals surface area contributed by atoms with E-state index in [1.54, 1.807) is 12.5 Å². The minimum absolute atomic E-state index is 0.0329. The van der Waals surface area contributed by atoms with Gasteiger partial charge >= 0.3 is 0 Å². The molecule has 2 aromatic rings. The van der Waals surface area contributed by atoms with E-state index in [4.69, 9.17) is 5.73 Å². The van der Waals surface area contributed by atoms with Crippen molar-refractivity contribution >= 4 is 5.91 Å².